The van der Waals surface area contributed by atoms with Gasteiger partial charge in [-0.15, -0.1) is 0 Å². The van der Waals surface area contributed by atoms with Crippen molar-refractivity contribution < 1.29 is 18.7 Å². The molecule has 0 fully saturated rings. The van der Waals surface area contributed by atoms with Crippen LogP contribution in [0.15, 0.2) is 87.0 Å². The van der Waals surface area contributed by atoms with Gasteiger partial charge in [0.05, 0.1) is 16.4 Å². The highest BCUT2D eigenvalue weighted by molar-refractivity contribution is 14.1. The Balaban J connectivity index is 1.56. The summed E-state index contributed by atoms with van der Waals surface area (Å²) in [5, 5.41) is 0.778. The van der Waals surface area contributed by atoms with Crippen LogP contribution >= 0.6 is 22.6 Å². The van der Waals surface area contributed by atoms with Crippen LogP contribution in [0, 0.1) is 3.57 Å². The number of rotatable bonds is 5. The first-order valence-corrected chi connectivity index (χ1v) is 10.3. The summed E-state index contributed by atoms with van der Waals surface area (Å²) < 4.78 is 16.9. The van der Waals surface area contributed by atoms with Gasteiger partial charge in [-0.25, -0.2) is 9.59 Å². The van der Waals surface area contributed by atoms with Gasteiger partial charge in [-0.1, -0.05) is 18.2 Å². The number of halogens is 1. The number of methoxy groups -OCH3 is 1. The van der Waals surface area contributed by atoms with Gasteiger partial charge in [-0.2, -0.15) is 0 Å². The lowest BCUT2D eigenvalue weighted by molar-refractivity contribution is 0.0730. The second kappa shape index (κ2) is 9.13. The summed E-state index contributed by atoms with van der Waals surface area (Å²) >= 11 is 2.11. The van der Waals surface area contributed by atoms with Crippen LogP contribution in [0.1, 0.15) is 15.9 Å². The van der Waals surface area contributed by atoms with Gasteiger partial charge in [0.25, 0.3) is 0 Å². The Labute approximate surface area is 191 Å². The third-order valence-electron chi connectivity index (χ3n) is 4.45. The second-order valence-electron chi connectivity index (χ2n) is 6.51. The van der Waals surface area contributed by atoms with Crippen LogP contribution in [-0.4, -0.2) is 19.3 Å². The molecule has 0 amide bonds. The Kier molecular flexibility index (Phi) is 6.13. The Morgan fingerprint density at radius 2 is 1.84 bits per heavy atom. The van der Waals surface area contributed by atoms with Gasteiger partial charge < -0.3 is 13.9 Å². The summed E-state index contributed by atoms with van der Waals surface area (Å²) in [6.45, 7) is 0. The summed E-state index contributed by atoms with van der Waals surface area (Å²) in [5.74, 6) is 0.383. The lowest BCUT2D eigenvalue weighted by Gasteiger charge is -2.10. The van der Waals surface area contributed by atoms with Gasteiger partial charge >= 0.3 is 11.6 Å². The van der Waals surface area contributed by atoms with Crippen LogP contribution in [-0.2, 0) is 0 Å². The molecular formula is C24H16INO5. The van der Waals surface area contributed by atoms with Crippen molar-refractivity contribution in [3.8, 4) is 11.5 Å². The SMILES string of the molecule is COc1cc(C=Nc2ccc3oc(=O)ccc3c2)ccc1C(=O)Oc1ccccc1I. The molecule has 0 aliphatic rings. The smallest absolute Gasteiger partial charge is 0.347 e. The monoisotopic (exact) mass is 525 g/mol. The minimum atomic E-state index is -0.500. The highest BCUT2D eigenvalue weighted by atomic mass is 127. The standard InChI is InChI=1S/C24H16INO5/c1-29-22-12-15(6-9-18(22)24(28)31-21-5-3-2-4-19(21)25)14-26-17-8-10-20-16(13-17)7-11-23(27)30-20/h2-14H,1H3. The lowest BCUT2D eigenvalue weighted by Crippen LogP contribution is -2.11. The zero-order valence-electron chi connectivity index (χ0n) is 16.4. The van der Waals surface area contributed by atoms with E-state index in [2.05, 4.69) is 27.6 Å². The summed E-state index contributed by atoms with van der Waals surface area (Å²) in [7, 11) is 1.50. The van der Waals surface area contributed by atoms with E-state index in [-0.39, 0.29) is 0 Å². The summed E-state index contributed by atoms with van der Waals surface area (Å²) in [5.41, 5.74) is 1.88. The number of carbonyl (C=O) groups excluding carboxylic acids is 1. The van der Waals surface area contributed by atoms with E-state index in [1.807, 2.05) is 24.3 Å². The normalized spacial score (nSPS) is 11.0. The molecule has 0 spiro atoms. The van der Waals surface area contributed by atoms with Crippen molar-refractivity contribution in [2.24, 2.45) is 4.99 Å². The molecule has 0 aliphatic carbocycles. The van der Waals surface area contributed by atoms with Crippen LogP contribution in [0.25, 0.3) is 11.0 Å². The molecule has 0 aliphatic heterocycles. The Hall–Kier alpha value is -3.46. The quantitative estimate of drug-likeness (QED) is 0.115. The maximum atomic E-state index is 12.6. The average Bonchev–Trinajstić information content (AvgIpc) is 2.78. The van der Waals surface area contributed by atoms with Gasteiger partial charge in [0.1, 0.15) is 22.6 Å². The number of nitrogens with zero attached hydrogens (tertiary/aromatic N) is 1. The number of fused-ring (bicyclic) bond motifs is 1. The van der Waals surface area contributed by atoms with Gasteiger partial charge in [-0.05, 0) is 76.7 Å². The van der Waals surface area contributed by atoms with Crippen molar-refractivity contribution in [2.75, 3.05) is 7.11 Å². The highest BCUT2D eigenvalue weighted by Crippen LogP contribution is 2.25. The summed E-state index contributed by atoms with van der Waals surface area (Å²) in [6, 6.07) is 20.7. The third-order valence-corrected chi connectivity index (χ3v) is 5.34. The maximum absolute atomic E-state index is 12.6. The third kappa shape index (κ3) is 4.83. The largest absolute Gasteiger partial charge is 0.496 e. The van der Waals surface area contributed by atoms with Crippen LogP contribution in [0.4, 0.5) is 5.69 Å². The van der Waals surface area contributed by atoms with Gasteiger partial charge in [0, 0.05) is 17.7 Å². The van der Waals surface area contributed by atoms with Gasteiger partial charge in [0.15, 0.2) is 0 Å². The van der Waals surface area contributed by atoms with Crippen LogP contribution in [0.3, 0.4) is 0 Å². The van der Waals surface area contributed by atoms with Crippen molar-refractivity contribution in [1.82, 2.24) is 0 Å². The van der Waals surface area contributed by atoms with Crippen molar-refractivity contribution in [1.29, 1.82) is 0 Å². The molecule has 4 aromatic rings. The fourth-order valence-corrected chi connectivity index (χ4v) is 3.43. The molecule has 1 heterocycles. The van der Waals surface area contributed by atoms with Crippen LogP contribution < -0.4 is 15.1 Å². The fraction of sp³-hybridized carbons (Fsp3) is 0.0417. The number of benzene rings is 3. The zero-order valence-corrected chi connectivity index (χ0v) is 18.5. The molecular weight excluding hydrogens is 509 g/mol. The molecule has 0 saturated heterocycles. The number of ether oxygens (including phenoxy) is 2. The van der Waals surface area contributed by atoms with E-state index in [0.717, 1.165) is 14.5 Å². The molecule has 3 aromatic carbocycles. The molecule has 0 bridgehead atoms. The van der Waals surface area contributed by atoms with E-state index in [9.17, 15) is 9.59 Å². The second-order valence-corrected chi connectivity index (χ2v) is 7.68. The lowest BCUT2D eigenvalue weighted by atomic mass is 10.1. The molecule has 0 N–H and O–H groups in total. The average molecular weight is 525 g/mol. The predicted molar refractivity (Wildman–Crippen MR) is 127 cm³/mol. The number of hydrogen-bond acceptors (Lipinski definition) is 6. The first kappa shape index (κ1) is 20.8. The van der Waals surface area contributed by atoms with Crippen molar-refractivity contribution in [3.05, 3.63) is 97.9 Å². The zero-order chi connectivity index (χ0) is 21.8. The van der Waals surface area contributed by atoms with Gasteiger partial charge in [0.2, 0.25) is 0 Å². The first-order valence-electron chi connectivity index (χ1n) is 9.26. The Bertz CT molecular complexity index is 1360. The molecule has 154 valence electrons. The molecule has 7 heteroatoms. The maximum Gasteiger partial charge on any atom is 0.347 e. The van der Waals surface area contributed by atoms with Crippen molar-refractivity contribution in [2.45, 2.75) is 0 Å². The summed E-state index contributed by atoms with van der Waals surface area (Å²) in [6.07, 6.45) is 1.66. The van der Waals surface area contributed by atoms with E-state index in [4.69, 9.17) is 13.9 Å². The molecule has 0 saturated carbocycles. The highest BCUT2D eigenvalue weighted by Gasteiger charge is 2.16. The number of esters is 1. The first-order chi connectivity index (χ1) is 15.0. The summed E-state index contributed by atoms with van der Waals surface area (Å²) in [4.78, 5) is 28.4. The molecule has 1 aromatic heterocycles. The Morgan fingerprint density at radius 3 is 2.65 bits per heavy atom. The van der Waals surface area contributed by atoms with E-state index < -0.39 is 11.6 Å². The molecule has 0 unspecified atom stereocenters. The number of aliphatic imine (C=N–C) groups is 1. The molecule has 31 heavy (non-hydrogen) atoms. The van der Waals surface area contributed by atoms with E-state index in [0.29, 0.717) is 28.3 Å². The van der Waals surface area contributed by atoms with E-state index in [1.54, 1.807) is 48.7 Å². The number of para-hydroxylation sites is 1. The van der Waals surface area contributed by atoms with Crippen molar-refractivity contribution >= 4 is 51.4 Å². The number of carbonyl (C=O) groups is 1. The minimum absolute atomic E-state index is 0.319. The predicted octanol–water partition coefficient (Wildman–Crippen LogP) is 5.38. The van der Waals surface area contributed by atoms with Crippen LogP contribution in [0.5, 0.6) is 11.5 Å². The van der Waals surface area contributed by atoms with Gasteiger partial charge in [-0.3, -0.25) is 4.99 Å². The molecule has 6 nitrogen and oxygen atoms in total. The molecule has 0 atom stereocenters. The van der Waals surface area contributed by atoms with E-state index in [1.165, 1.54) is 13.2 Å². The minimum Gasteiger partial charge on any atom is -0.496 e. The topological polar surface area (TPSA) is 78.1 Å². The van der Waals surface area contributed by atoms with Crippen LogP contribution in [0.2, 0.25) is 0 Å². The van der Waals surface area contributed by atoms with E-state index >= 15 is 0 Å². The Morgan fingerprint density at radius 1 is 1.00 bits per heavy atom. The molecule has 0 radical (unpaired) electrons. The van der Waals surface area contributed by atoms with Crippen molar-refractivity contribution in [3.63, 3.8) is 0 Å². The molecule has 4 rings (SSSR count). The number of hydrogen-bond donors (Lipinski definition) is 0. The fourth-order valence-electron chi connectivity index (χ4n) is 2.93.